The van der Waals surface area contributed by atoms with Gasteiger partial charge < -0.3 is 10.4 Å². The van der Waals surface area contributed by atoms with Crippen LogP contribution < -0.4 is 5.32 Å². The minimum absolute atomic E-state index is 0.0844. The number of anilines is 1. The van der Waals surface area contributed by atoms with Crippen LogP contribution in [0.5, 0.6) is 0 Å². The first kappa shape index (κ1) is 15.7. The lowest BCUT2D eigenvalue weighted by molar-refractivity contribution is -0.147. The van der Waals surface area contributed by atoms with Gasteiger partial charge in [-0.1, -0.05) is 66.7 Å². The van der Waals surface area contributed by atoms with Crippen LogP contribution in [0.3, 0.4) is 0 Å². The average Bonchev–Trinajstić information content (AvgIpc) is 2.61. The molecule has 3 aromatic rings. The van der Waals surface area contributed by atoms with Crippen LogP contribution in [0.15, 0.2) is 72.8 Å². The van der Waals surface area contributed by atoms with Crippen LogP contribution in [0.4, 0.5) is 5.69 Å². The number of aliphatic carboxylic acids is 1. The predicted octanol–water partition coefficient (Wildman–Crippen LogP) is 4.76. The van der Waals surface area contributed by atoms with Crippen molar-refractivity contribution < 1.29 is 9.90 Å². The van der Waals surface area contributed by atoms with E-state index in [0.29, 0.717) is 5.92 Å². The summed E-state index contributed by atoms with van der Waals surface area (Å²) in [6.45, 7) is 0.789. The third kappa shape index (κ3) is 2.98. The molecule has 3 atom stereocenters. The number of rotatable bonds is 5. The fourth-order valence-corrected chi connectivity index (χ4v) is 4.02. The van der Waals surface area contributed by atoms with Gasteiger partial charge in [-0.05, 0) is 29.4 Å². The number of carboxylic acid groups (broad SMARTS) is 1. The second-order valence-electron chi connectivity index (χ2n) is 6.78. The van der Waals surface area contributed by atoms with Crippen LogP contribution in [-0.4, -0.2) is 17.6 Å². The molecule has 0 heterocycles. The zero-order valence-electron chi connectivity index (χ0n) is 13.9. The zero-order valence-corrected chi connectivity index (χ0v) is 13.9. The van der Waals surface area contributed by atoms with Crippen molar-refractivity contribution in [3.8, 4) is 0 Å². The van der Waals surface area contributed by atoms with E-state index in [1.807, 2.05) is 42.5 Å². The Labute approximate surface area is 147 Å². The maximum Gasteiger partial charge on any atom is 0.307 e. The first-order valence-corrected chi connectivity index (χ1v) is 8.73. The summed E-state index contributed by atoms with van der Waals surface area (Å²) in [5.41, 5.74) is 2.24. The second kappa shape index (κ2) is 6.60. The van der Waals surface area contributed by atoms with Crippen LogP contribution in [-0.2, 0) is 4.79 Å². The van der Waals surface area contributed by atoms with E-state index in [2.05, 4.69) is 35.6 Å². The monoisotopic (exact) mass is 331 g/mol. The summed E-state index contributed by atoms with van der Waals surface area (Å²) >= 11 is 0. The van der Waals surface area contributed by atoms with Gasteiger partial charge in [-0.3, -0.25) is 4.79 Å². The number of nitrogens with one attached hydrogen (secondary N) is 1. The Morgan fingerprint density at radius 1 is 0.960 bits per heavy atom. The summed E-state index contributed by atoms with van der Waals surface area (Å²) in [5.74, 6) is -0.541. The van der Waals surface area contributed by atoms with E-state index in [4.69, 9.17) is 0 Å². The summed E-state index contributed by atoms with van der Waals surface area (Å²) in [4.78, 5) is 11.5. The van der Waals surface area contributed by atoms with Crippen molar-refractivity contribution in [1.29, 1.82) is 0 Å². The lowest BCUT2D eigenvalue weighted by atomic mass is 9.62. The van der Waals surface area contributed by atoms with Crippen LogP contribution in [0.2, 0.25) is 0 Å². The van der Waals surface area contributed by atoms with E-state index < -0.39 is 5.97 Å². The lowest BCUT2D eigenvalue weighted by Crippen LogP contribution is -2.42. The van der Waals surface area contributed by atoms with Crippen molar-refractivity contribution in [3.63, 3.8) is 0 Å². The third-order valence-electron chi connectivity index (χ3n) is 5.34. The van der Waals surface area contributed by atoms with Gasteiger partial charge in [-0.25, -0.2) is 0 Å². The van der Waals surface area contributed by atoms with Gasteiger partial charge in [0, 0.05) is 23.5 Å². The highest BCUT2D eigenvalue weighted by Crippen LogP contribution is 2.48. The summed E-state index contributed by atoms with van der Waals surface area (Å²) in [6, 6.07) is 24.6. The number of carboxylic acids is 1. The fraction of sp³-hybridized carbons (Fsp3) is 0.227. The van der Waals surface area contributed by atoms with Gasteiger partial charge in [0.25, 0.3) is 0 Å². The topological polar surface area (TPSA) is 49.3 Å². The molecule has 3 aromatic carbocycles. The van der Waals surface area contributed by atoms with Crippen LogP contribution in [0.1, 0.15) is 17.9 Å². The number of hydrogen-bond acceptors (Lipinski definition) is 2. The molecule has 2 N–H and O–H groups in total. The first-order valence-electron chi connectivity index (χ1n) is 8.73. The highest BCUT2D eigenvalue weighted by atomic mass is 16.4. The Balaban J connectivity index is 1.53. The Morgan fingerprint density at radius 2 is 1.68 bits per heavy atom. The predicted molar refractivity (Wildman–Crippen MR) is 101 cm³/mol. The van der Waals surface area contributed by atoms with Crippen molar-refractivity contribution in [3.05, 3.63) is 78.4 Å². The molecule has 0 spiro atoms. The van der Waals surface area contributed by atoms with Crippen LogP contribution in [0.25, 0.3) is 10.8 Å². The molecular weight excluding hydrogens is 310 g/mol. The molecule has 1 fully saturated rings. The number of fused-ring (bicyclic) bond motifs is 1. The second-order valence-corrected chi connectivity index (χ2v) is 6.78. The quantitative estimate of drug-likeness (QED) is 0.709. The zero-order chi connectivity index (χ0) is 17.2. The Morgan fingerprint density at radius 3 is 2.48 bits per heavy atom. The number of carbonyl (C=O) groups is 1. The van der Waals surface area contributed by atoms with Gasteiger partial charge in [-0.15, -0.1) is 0 Å². The summed E-state index contributed by atoms with van der Waals surface area (Å²) in [6.07, 6.45) is 0.729. The van der Waals surface area contributed by atoms with Gasteiger partial charge >= 0.3 is 5.97 Å². The van der Waals surface area contributed by atoms with E-state index >= 15 is 0 Å². The van der Waals surface area contributed by atoms with Crippen molar-refractivity contribution in [2.75, 3.05) is 11.9 Å². The molecule has 0 aromatic heterocycles. The fourth-order valence-electron chi connectivity index (χ4n) is 4.02. The Kier molecular flexibility index (Phi) is 4.14. The Bertz CT molecular complexity index is 885. The maximum atomic E-state index is 11.5. The maximum absolute atomic E-state index is 11.5. The molecule has 0 amide bonds. The third-order valence-corrected chi connectivity index (χ3v) is 5.34. The van der Waals surface area contributed by atoms with Crippen LogP contribution in [0, 0.1) is 11.8 Å². The molecule has 25 heavy (non-hydrogen) atoms. The summed E-state index contributed by atoms with van der Waals surface area (Å²) in [5, 5.41) is 15.5. The SMILES string of the molecule is O=C(O)[C@@H]1C[C@H](CNc2cccc3ccccc23)C1c1ccccc1. The van der Waals surface area contributed by atoms with Crippen molar-refractivity contribution in [1.82, 2.24) is 0 Å². The molecule has 1 saturated carbocycles. The molecule has 126 valence electrons. The number of benzene rings is 3. The van der Waals surface area contributed by atoms with Crippen molar-refractivity contribution >= 4 is 22.4 Å². The molecule has 3 heteroatoms. The standard InChI is InChI=1S/C22H21NO2/c24-22(25)19-13-17(21(19)16-8-2-1-3-9-16)14-23-20-12-6-10-15-7-4-5-11-18(15)20/h1-12,17,19,21,23H,13-14H2,(H,24,25)/t17-,19-,21?/m1/s1. The summed E-state index contributed by atoms with van der Waals surface area (Å²) in [7, 11) is 0. The van der Waals surface area contributed by atoms with E-state index in [0.717, 1.165) is 24.2 Å². The van der Waals surface area contributed by atoms with Crippen molar-refractivity contribution in [2.24, 2.45) is 11.8 Å². The molecule has 0 radical (unpaired) electrons. The number of hydrogen-bond donors (Lipinski definition) is 2. The summed E-state index contributed by atoms with van der Waals surface area (Å²) < 4.78 is 0. The smallest absolute Gasteiger partial charge is 0.307 e. The average molecular weight is 331 g/mol. The van der Waals surface area contributed by atoms with E-state index in [1.165, 1.54) is 10.8 Å². The normalized spacial score (nSPS) is 22.3. The minimum atomic E-state index is -0.685. The molecule has 0 aliphatic heterocycles. The molecule has 1 aliphatic rings. The highest BCUT2D eigenvalue weighted by Gasteiger charge is 2.45. The van der Waals surface area contributed by atoms with Gasteiger partial charge in [-0.2, -0.15) is 0 Å². The molecule has 1 aliphatic carbocycles. The van der Waals surface area contributed by atoms with Gasteiger partial charge in [0.05, 0.1) is 5.92 Å². The lowest BCUT2D eigenvalue weighted by Gasteiger charge is -2.43. The van der Waals surface area contributed by atoms with E-state index in [-0.39, 0.29) is 11.8 Å². The van der Waals surface area contributed by atoms with Crippen LogP contribution >= 0.6 is 0 Å². The Hall–Kier alpha value is -2.81. The van der Waals surface area contributed by atoms with E-state index in [1.54, 1.807) is 0 Å². The molecule has 0 bridgehead atoms. The molecular formula is C22H21NO2. The molecule has 3 nitrogen and oxygen atoms in total. The van der Waals surface area contributed by atoms with Gasteiger partial charge in [0.1, 0.15) is 0 Å². The first-order chi connectivity index (χ1) is 12.2. The molecule has 0 saturated heterocycles. The molecule has 1 unspecified atom stereocenters. The van der Waals surface area contributed by atoms with Crippen molar-refractivity contribution in [2.45, 2.75) is 12.3 Å². The largest absolute Gasteiger partial charge is 0.481 e. The molecule has 4 rings (SSSR count). The van der Waals surface area contributed by atoms with E-state index in [9.17, 15) is 9.90 Å². The van der Waals surface area contributed by atoms with Gasteiger partial charge in [0.15, 0.2) is 0 Å². The van der Waals surface area contributed by atoms with Gasteiger partial charge in [0.2, 0.25) is 0 Å². The highest BCUT2D eigenvalue weighted by molar-refractivity contribution is 5.93. The minimum Gasteiger partial charge on any atom is -0.481 e.